The van der Waals surface area contributed by atoms with Crippen LogP contribution in [0.1, 0.15) is 30.8 Å². The number of carbonyl (C=O) groups is 2. The van der Waals surface area contributed by atoms with Gasteiger partial charge in [0.2, 0.25) is 0 Å². The van der Waals surface area contributed by atoms with Gasteiger partial charge in [0.1, 0.15) is 0 Å². The SMILES string of the molecule is CC(C)(CC(=O)O)NC(=O)c1cccnn1. The molecule has 0 bridgehead atoms. The van der Waals surface area contributed by atoms with Gasteiger partial charge >= 0.3 is 5.97 Å². The average molecular weight is 223 g/mol. The second-order valence-electron chi connectivity index (χ2n) is 4.02. The molecule has 0 unspecified atom stereocenters. The largest absolute Gasteiger partial charge is 0.481 e. The first-order valence-electron chi connectivity index (χ1n) is 4.73. The highest BCUT2D eigenvalue weighted by molar-refractivity contribution is 5.92. The maximum atomic E-state index is 11.6. The van der Waals surface area contributed by atoms with Gasteiger partial charge in [-0.25, -0.2) is 0 Å². The van der Waals surface area contributed by atoms with Crippen LogP contribution >= 0.6 is 0 Å². The Balaban J connectivity index is 2.68. The fourth-order valence-corrected chi connectivity index (χ4v) is 1.22. The van der Waals surface area contributed by atoms with Gasteiger partial charge in [0.25, 0.3) is 5.91 Å². The molecule has 0 aliphatic rings. The zero-order valence-corrected chi connectivity index (χ0v) is 9.10. The molecular formula is C10H13N3O3. The van der Waals surface area contributed by atoms with Crippen molar-refractivity contribution in [3.05, 3.63) is 24.0 Å². The minimum atomic E-state index is -0.968. The summed E-state index contributed by atoms with van der Waals surface area (Å²) in [4.78, 5) is 22.2. The van der Waals surface area contributed by atoms with E-state index in [1.807, 2.05) is 0 Å². The predicted molar refractivity (Wildman–Crippen MR) is 55.8 cm³/mol. The summed E-state index contributed by atoms with van der Waals surface area (Å²) in [6, 6.07) is 3.10. The van der Waals surface area contributed by atoms with Crippen molar-refractivity contribution >= 4 is 11.9 Å². The van der Waals surface area contributed by atoms with E-state index < -0.39 is 17.4 Å². The maximum absolute atomic E-state index is 11.6. The lowest BCUT2D eigenvalue weighted by molar-refractivity contribution is -0.138. The molecule has 0 aromatic carbocycles. The fraction of sp³-hybridized carbons (Fsp3) is 0.400. The maximum Gasteiger partial charge on any atom is 0.305 e. The van der Waals surface area contributed by atoms with E-state index in [1.54, 1.807) is 19.9 Å². The van der Waals surface area contributed by atoms with Crippen molar-refractivity contribution in [2.24, 2.45) is 0 Å². The van der Waals surface area contributed by atoms with E-state index in [2.05, 4.69) is 15.5 Å². The lowest BCUT2D eigenvalue weighted by Gasteiger charge is -2.23. The Morgan fingerprint density at radius 1 is 1.50 bits per heavy atom. The van der Waals surface area contributed by atoms with Crippen molar-refractivity contribution in [2.45, 2.75) is 25.8 Å². The molecule has 1 heterocycles. The van der Waals surface area contributed by atoms with Crippen molar-refractivity contribution in [3.8, 4) is 0 Å². The number of rotatable bonds is 4. The van der Waals surface area contributed by atoms with Crippen molar-refractivity contribution in [2.75, 3.05) is 0 Å². The standard InChI is InChI=1S/C10H13N3O3/c1-10(2,6-8(14)15)12-9(16)7-4-3-5-11-13-7/h3-5H,6H2,1-2H3,(H,12,16)(H,14,15). The highest BCUT2D eigenvalue weighted by atomic mass is 16.4. The molecule has 0 aliphatic carbocycles. The van der Waals surface area contributed by atoms with Gasteiger partial charge in [-0.15, -0.1) is 5.10 Å². The van der Waals surface area contributed by atoms with Crippen LogP contribution in [0.15, 0.2) is 18.3 Å². The zero-order chi connectivity index (χ0) is 12.2. The molecule has 6 heteroatoms. The molecule has 2 N–H and O–H groups in total. The topological polar surface area (TPSA) is 92.2 Å². The van der Waals surface area contributed by atoms with Crippen molar-refractivity contribution < 1.29 is 14.7 Å². The number of carbonyl (C=O) groups excluding carboxylic acids is 1. The number of hydrogen-bond acceptors (Lipinski definition) is 4. The highest BCUT2D eigenvalue weighted by Crippen LogP contribution is 2.09. The molecule has 0 radical (unpaired) electrons. The van der Waals surface area contributed by atoms with E-state index in [9.17, 15) is 9.59 Å². The summed E-state index contributed by atoms with van der Waals surface area (Å²) in [5.41, 5.74) is -0.651. The first-order chi connectivity index (χ1) is 7.41. The summed E-state index contributed by atoms with van der Waals surface area (Å²) in [5.74, 6) is -1.40. The first kappa shape index (κ1) is 12.1. The van der Waals surface area contributed by atoms with Gasteiger partial charge in [0.05, 0.1) is 6.42 Å². The van der Waals surface area contributed by atoms with Gasteiger partial charge in [0.15, 0.2) is 5.69 Å². The highest BCUT2D eigenvalue weighted by Gasteiger charge is 2.24. The van der Waals surface area contributed by atoms with E-state index in [4.69, 9.17) is 5.11 Å². The summed E-state index contributed by atoms with van der Waals surface area (Å²) in [5, 5.41) is 18.4. The van der Waals surface area contributed by atoms with E-state index in [-0.39, 0.29) is 12.1 Å². The van der Waals surface area contributed by atoms with Crippen LogP contribution in [-0.2, 0) is 4.79 Å². The van der Waals surface area contributed by atoms with Crippen molar-refractivity contribution in [1.82, 2.24) is 15.5 Å². The second kappa shape index (κ2) is 4.69. The molecule has 16 heavy (non-hydrogen) atoms. The Morgan fingerprint density at radius 3 is 2.69 bits per heavy atom. The summed E-state index contributed by atoms with van der Waals surface area (Å²) in [6.45, 7) is 3.27. The van der Waals surface area contributed by atoms with Crippen LogP contribution in [-0.4, -0.2) is 32.7 Å². The molecule has 0 saturated heterocycles. The molecule has 0 spiro atoms. The van der Waals surface area contributed by atoms with Gasteiger partial charge in [-0.05, 0) is 26.0 Å². The number of carboxylic acids is 1. The Morgan fingerprint density at radius 2 is 2.19 bits per heavy atom. The smallest absolute Gasteiger partial charge is 0.305 e. The van der Waals surface area contributed by atoms with Crippen molar-refractivity contribution in [1.29, 1.82) is 0 Å². The molecule has 1 amide bonds. The monoisotopic (exact) mass is 223 g/mol. The third-order valence-electron chi connectivity index (χ3n) is 1.85. The van der Waals surface area contributed by atoms with Crippen LogP contribution in [0.3, 0.4) is 0 Å². The number of carboxylic acid groups (broad SMARTS) is 1. The molecule has 0 fully saturated rings. The van der Waals surface area contributed by atoms with E-state index in [1.165, 1.54) is 12.3 Å². The van der Waals surface area contributed by atoms with Gasteiger partial charge in [-0.1, -0.05) is 0 Å². The predicted octanol–water partition coefficient (Wildman–Crippen LogP) is 0.460. The third kappa shape index (κ3) is 3.64. The normalized spacial score (nSPS) is 10.9. The summed E-state index contributed by atoms with van der Waals surface area (Å²) in [7, 11) is 0. The molecular weight excluding hydrogens is 210 g/mol. The molecule has 1 rings (SSSR count). The summed E-state index contributed by atoms with van der Waals surface area (Å²) >= 11 is 0. The Labute approximate surface area is 92.7 Å². The minimum Gasteiger partial charge on any atom is -0.481 e. The number of hydrogen-bond donors (Lipinski definition) is 2. The average Bonchev–Trinajstić information content (AvgIpc) is 2.16. The number of aromatic nitrogens is 2. The molecule has 0 saturated carbocycles. The van der Waals surface area contributed by atoms with Crippen LogP contribution < -0.4 is 5.32 Å². The minimum absolute atomic E-state index is 0.154. The fourth-order valence-electron chi connectivity index (χ4n) is 1.22. The number of aliphatic carboxylic acids is 1. The number of amides is 1. The summed E-state index contributed by atoms with van der Waals surface area (Å²) < 4.78 is 0. The van der Waals surface area contributed by atoms with Crippen LogP contribution in [0.4, 0.5) is 0 Å². The second-order valence-corrected chi connectivity index (χ2v) is 4.02. The lowest BCUT2D eigenvalue weighted by atomic mass is 10.0. The number of nitrogens with zero attached hydrogens (tertiary/aromatic N) is 2. The zero-order valence-electron chi connectivity index (χ0n) is 9.10. The van der Waals surface area contributed by atoms with Gasteiger partial charge in [0, 0.05) is 11.7 Å². The van der Waals surface area contributed by atoms with Crippen LogP contribution in [0, 0.1) is 0 Å². The molecule has 86 valence electrons. The first-order valence-corrected chi connectivity index (χ1v) is 4.73. The van der Waals surface area contributed by atoms with Crippen molar-refractivity contribution in [3.63, 3.8) is 0 Å². The summed E-state index contributed by atoms with van der Waals surface area (Å²) in [6.07, 6.45) is 1.30. The molecule has 0 aliphatic heterocycles. The lowest BCUT2D eigenvalue weighted by Crippen LogP contribution is -2.45. The molecule has 1 aromatic rings. The van der Waals surface area contributed by atoms with E-state index >= 15 is 0 Å². The molecule has 6 nitrogen and oxygen atoms in total. The van der Waals surface area contributed by atoms with E-state index in [0.717, 1.165) is 0 Å². The quantitative estimate of drug-likeness (QED) is 0.773. The van der Waals surface area contributed by atoms with Gasteiger partial charge in [-0.2, -0.15) is 5.10 Å². The molecule has 0 atom stereocenters. The van der Waals surface area contributed by atoms with Gasteiger partial charge in [-0.3, -0.25) is 9.59 Å². The van der Waals surface area contributed by atoms with Crippen LogP contribution in [0.2, 0.25) is 0 Å². The Bertz CT molecular complexity index is 390. The number of nitrogens with one attached hydrogen (secondary N) is 1. The van der Waals surface area contributed by atoms with Crippen LogP contribution in [0.5, 0.6) is 0 Å². The third-order valence-corrected chi connectivity index (χ3v) is 1.85. The Kier molecular flexibility index (Phi) is 3.55. The van der Waals surface area contributed by atoms with Crippen LogP contribution in [0.25, 0.3) is 0 Å². The van der Waals surface area contributed by atoms with E-state index in [0.29, 0.717) is 0 Å². The van der Waals surface area contributed by atoms with Gasteiger partial charge < -0.3 is 10.4 Å². The molecule has 1 aromatic heterocycles. The Hall–Kier alpha value is -1.98.